The molecule has 0 aliphatic carbocycles. The fourth-order valence-corrected chi connectivity index (χ4v) is 7.85. The second kappa shape index (κ2) is 9.42. The van der Waals surface area contributed by atoms with Crippen molar-refractivity contribution in [2.24, 2.45) is 18.9 Å². The number of hydrogen-bond acceptors (Lipinski definition) is 1. The van der Waals surface area contributed by atoms with Gasteiger partial charge in [-0.05, 0) is 87.4 Å². The van der Waals surface area contributed by atoms with E-state index in [4.69, 9.17) is 0 Å². The van der Waals surface area contributed by atoms with Crippen LogP contribution in [0.25, 0.3) is 43.6 Å². The zero-order valence-corrected chi connectivity index (χ0v) is 25.0. The van der Waals surface area contributed by atoms with Crippen molar-refractivity contribution in [1.29, 1.82) is 0 Å². The summed E-state index contributed by atoms with van der Waals surface area (Å²) in [5.74, 6) is 1.76. The zero-order valence-electron chi connectivity index (χ0n) is 24.2. The standard InChI is InChI=1S/C36H40NS/c1-20(2)15-24-9-12-27-29(17-24)23(7)33-35-34-28(13-14-37(35)8)30-18-25(22(5)6)10-11-26(30)19-32(34)38-36(33)31(27)16-21(3)4/h9-14,17-22H,15-16H2,1-8H3/q+1. The third-order valence-corrected chi connectivity index (χ3v) is 9.48. The van der Waals surface area contributed by atoms with Gasteiger partial charge in [0.15, 0.2) is 6.20 Å². The molecular weight excluding hydrogens is 478 g/mol. The number of benzene rings is 4. The molecule has 0 amide bonds. The van der Waals surface area contributed by atoms with E-state index >= 15 is 0 Å². The summed E-state index contributed by atoms with van der Waals surface area (Å²) in [6, 6.07) is 19.1. The van der Waals surface area contributed by atoms with Crippen molar-refractivity contribution in [3.63, 3.8) is 0 Å². The maximum Gasteiger partial charge on any atom is 0.222 e. The molecule has 0 saturated carbocycles. The van der Waals surface area contributed by atoms with E-state index in [9.17, 15) is 0 Å². The van der Waals surface area contributed by atoms with Crippen LogP contribution in [0, 0.1) is 18.8 Å². The highest BCUT2D eigenvalue weighted by Crippen LogP contribution is 2.53. The van der Waals surface area contributed by atoms with Crippen molar-refractivity contribution in [1.82, 2.24) is 0 Å². The Labute approximate surface area is 232 Å². The summed E-state index contributed by atoms with van der Waals surface area (Å²) in [6.07, 6.45) is 4.50. The molecule has 1 nitrogen and oxygen atoms in total. The Morgan fingerprint density at radius 1 is 0.763 bits per heavy atom. The molecule has 0 N–H and O–H groups in total. The van der Waals surface area contributed by atoms with Gasteiger partial charge in [-0.1, -0.05) is 89.7 Å². The van der Waals surface area contributed by atoms with Gasteiger partial charge in [-0.2, -0.15) is 0 Å². The Bertz CT molecular complexity index is 1740. The minimum absolute atomic E-state index is 0.517. The van der Waals surface area contributed by atoms with Crippen molar-refractivity contribution in [3.8, 4) is 11.3 Å². The molecule has 0 atom stereocenters. The van der Waals surface area contributed by atoms with Crippen LogP contribution in [0.15, 0.2) is 64.5 Å². The Morgan fingerprint density at radius 2 is 1.53 bits per heavy atom. The minimum atomic E-state index is 0.517. The maximum atomic E-state index is 2.49. The molecule has 0 radical (unpaired) electrons. The molecule has 38 heavy (non-hydrogen) atoms. The van der Waals surface area contributed by atoms with Crippen molar-refractivity contribution < 1.29 is 4.57 Å². The summed E-state index contributed by atoms with van der Waals surface area (Å²) in [7, 11) is 2.23. The quantitative estimate of drug-likeness (QED) is 0.162. The lowest BCUT2D eigenvalue weighted by atomic mass is 9.86. The largest absolute Gasteiger partial charge is 0.222 e. The molecule has 0 bridgehead atoms. The summed E-state index contributed by atoms with van der Waals surface area (Å²) in [4.78, 5) is 2.86. The van der Waals surface area contributed by atoms with E-state index in [-0.39, 0.29) is 0 Å². The minimum Gasteiger partial charge on any atom is -0.200 e. The van der Waals surface area contributed by atoms with E-state index in [1.165, 1.54) is 75.6 Å². The number of rotatable bonds is 5. The summed E-state index contributed by atoms with van der Waals surface area (Å²) in [5.41, 5.74) is 8.62. The topological polar surface area (TPSA) is 3.88 Å². The lowest BCUT2D eigenvalue weighted by Crippen LogP contribution is -2.32. The van der Waals surface area contributed by atoms with Gasteiger partial charge in [0.05, 0.1) is 10.9 Å². The SMILES string of the molecule is Cc1c2c(c(CC(C)C)c3ccc(CC(C)C)cc13)Sc1cc3ccc(C(C)C)cc3c3cc[n+](C)c-2c13. The first-order valence-electron chi connectivity index (χ1n) is 14.3. The number of aryl methyl sites for hydroxylation is 2. The van der Waals surface area contributed by atoms with Crippen molar-refractivity contribution in [3.05, 3.63) is 77.0 Å². The van der Waals surface area contributed by atoms with E-state index in [0.717, 1.165) is 12.8 Å². The van der Waals surface area contributed by atoms with Gasteiger partial charge in [-0.15, -0.1) is 0 Å². The second-order valence-electron chi connectivity index (χ2n) is 12.6. The van der Waals surface area contributed by atoms with Crippen LogP contribution in [0.5, 0.6) is 0 Å². The van der Waals surface area contributed by atoms with Crippen LogP contribution in [0.2, 0.25) is 0 Å². The maximum absolute atomic E-state index is 2.49. The van der Waals surface area contributed by atoms with Crippen LogP contribution in [-0.4, -0.2) is 0 Å². The third kappa shape index (κ3) is 4.04. The highest BCUT2D eigenvalue weighted by Gasteiger charge is 2.32. The second-order valence-corrected chi connectivity index (χ2v) is 13.6. The van der Waals surface area contributed by atoms with Crippen LogP contribution in [-0.2, 0) is 19.9 Å². The molecule has 6 rings (SSSR count). The monoisotopic (exact) mass is 518 g/mol. The van der Waals surface area contributed by atoms with Crippen molar-refractivity contribution >= 4 is 44.1 Å². The molecular formula is C36H40NS+. The highest BCUT2D eigenvalue weighted by atomic mass is 32.2. The third-order valence-electron chi connectivity index (χ3n) is 8.29. The summed E-state index contributed by atoms with van der Waals surface area (Å²) in [5, 5.41) is 8.38. The Balaban J connectivity index is 1.74. The average molecular weight is 519 g/mol. The molecule has 0 spiro atoms. The Morgan fingerprint density at radius 3 is 2.24 bits per heavy atom. The predicted octanol–water partition coefficient (Wildman–Crippen LogP) is 9.93. The molecule has 4 aromatic carbocycles. The van der Waals surface area contributed by atoms with Crippen LogP contribution >= 0.6 is 11.8 Å². The molecule has 0 unspecified atom stereocenters. The molecule has 2 heterocycles. The van der Waals surface area contributed by atoms with E-state index < -0.39 is 0 Å². The van der Waals surface area contributed by atoms with Crippen LogP contribution in [0.4, 0.5) is 0 Å². The van der Waals surface area contributed by atoms with Gasteiger partial charge >= 0.3 is 0 Å². The fraction of sp³-hybridized carbons (Fsp3) is 0.361. The number of nitrogens with zero attached hydrogens (tertiary/aromatic N) is 1. The van der Waals surface area contributed by atoms with Gasteiger partial charge in [0.1, 0.15) is 7.05 Å². The van der Waals surface area contributed by atoms with E-state index in [0.29, 0.717) is 17.8 Å². The summed E-state index contributed by atoms with van der Waals surface area (Å²) >= 11 is 2.01. The van der Waals surface area contributed by atoms with Gasteiger partial charge in [0, 0.05) is 21.2 Å². The van der Waals surface area contributed by atoms with E-state index in [1.807, 2.05) is 11.8 Å². The van der Waals surface area contributed by atoms with E-state index in [2.05, 4.69) is 115 Å². The highest BCUT2D eigenvalue weighted by molar-refractivity contribution is 8.00. The molecule has 5 aromatic rings. The van der Waals surface area contributed by atoms with Gasteiger partial charge < -0.3 is 0 Å². The van der Waals surface area contributed by atoms with Crippen molar-refractivity contribution in [2.45, 2.75) is 77.0 Å². The van der Waals surface area contributed by atoms with Gasteiger partial charge in [-0.3, -0.25) is 0 Å². The van der Waals surface area contributed by atoms with Crippen molar-refractivity contribution in [2.75, 3.05) is 0 Å². The van der Waals surface area contributed by atoms with Crippen LogP contribution in [0.3, 0.4) is 0 Å². The number of aromatic nitrogens is 1. The van der Waals surface area contributed by atoms with Crippen LogP contribution in [0.1, 0.15) is 69.7 Å². The first kappa shape index (κ1) is 25.4. The fourth-order valence-electron chi connectivity index (χ4n) is 6.47. The first-order chi connectivity index (χ1) is 18.1. The lowest BCUT2D eigenvalue weighted by molar-refractivity contribution is -0.659. The molecule has 1 aromatic heterocycles. The molecule has 194 valence electrons. The molecule has 2 heteroatoms. The van der Waals surface area contributed by atoms with Crippen LogP contribution < -0.4 is 4.57 Å². The molecule has 1 aliphatic heterocycles. The average Bonchev–Trinajstić information content (AvgIpc) is 2.86. The van der Waals surface area contributed by atoms with Gasteiger partial charge in [0.2, 0.25) is 5.69 Å². The van der Waals surface area contributed by atoms with Gasteiger partial charge in [-0.25, -0.2) is 4.57 Å². The number of fused-ring (bicyclic) bond motifs is 5. The molecule has 0 fully saturated rings. The lowest BCUT2D eigenvalue weighted by Gasteiger charge is -2.26. The first-order valence-corrected chi connectivity index (χ1v) is 15.1. The predicted molar refractivity (Wildman–Crippen MR) is 166 cm³/mol. The Kier molecular flexibility index (Phi) is 6.30. The smallest absolute Gasteiger partial charge is 0.200 e. The Hall–Kier alpha value is -2.84. The zero-order chi connectivity index (χ0) is 26.9. The molecule has 1 aliphatic rings. The van der Waals surface area contributed by atoms with E-state index in [1.54, 1.807) is 0 Å². The number of pyridine rings is 1. The number of hydrogen-bond donors (Lipinski definition) is 0. The summed E-state index contributed by atoms with van der Waals surface area (Å²) in [6.45, 7) is 16.3. The molecule has 0 saturated heterocycles. The normalized spacial score (nSPS) is 13.0. The van der Waals surface area contributed by atoms with Gasteiger partial charge in [0.25, 0.3) is 0 Å². The summed E-state index contributed by atoms with van der Waals surface area (Å²) < 4.78 is 2.37.